The molecule has 0 saturated carbocycles. The van der Waals surface area contributed by atoms with Crippen molar-refractivity contribution in [3.8, 4) is 0 Å². The minimum Gasteiger partial charge on any atom is -0.375 e. The van der Waals surface area contributed by atoms with Crippen LogP contribution in [0.4, 0.5) is 5.82 Å². The summed E-state index contributed by atoms with van der Waals surface area (Å²) >= 11 is 0. The van der Waals surface area contributed by atoms with Crippen molar-refractivity contribution in [3.05, 3.63) is 18.1 Å². The van der Waals surface area contributed by atoms with E-state index in [1.165, 1.54) is 0 Å². The molecule has 0 saturated heterocycles. The minimum absolute atomic E-state index is 0.0111. The molecule has 0 amide bonds. The lowest BCUT2D eigenvalue weighted by atomic mass is 10.1. The van der Waals surface area contributed by atoms with E-state index in [0.29, 0.717) is 13.2 Å². The van der Waals surface area contributed by atoms with Crippen molar-refractivity contribution in [2.75, 3.05) is 11.9 Å². The van der Waals surface area contributed by atoms with E-state index in [1.807, 2.05) is 13.0 Å². The van der Waals surface area contributed by atoms with Crippen LogP contribution in [0.5, 0.6) is 0 Å². The van der Waals surface area contributed by atoms with E-state index in [1.54, 1.807) is 6.33 Å². The summed E-state index contributed by atoms with van der Waals surface area (Å²) in [6.07, 6.45) is 1.56. The standard InChI is InChI=1S/C11H19N3O/c1-5-15-7-9-6-10(13-8-12-9)14-11(2,3)4/h6,8H,5,7H2,1-4H3,(H,12,13,14). The molecule has 4 nitrogen and oxygen atoms in total. The van der Waals surface area contributed by atoms with Gasteiger partial charge in [-0.15, -0.1) is 0 Å². The molecule has 84 valence electrons. The van der Waals surface area contributed by atoms with Gasteiger partial charge in [-0.1, -0.05) is 0 Å². The number of nitrogens with zero attached hydrogens (tertiary/aromatic N) is 2. The van der Waals surface area contributed by atoms with E-state index >= 15 is 0 Å². The summed E-state index contributed by atoms with van der Waals surface area (Å²) in [5.74, 6) is 0.840. The molecule has 0 radical (unpaired) electrons. The van der Waals surface area contributed by atoms with Crippen LogP contribution in [-0.2, 0) is 11.3 Å². The van der Waals surface area contributed by atoms with Gasteiger partial charge in [0.25, 0.3) is 0 Å². The van der Waals surface area contributed by atoms with Gasteiger partial charge < -0.3 is 10.1 Å². The first-order valence-corrected chi connectivity index (χ1v) is 5.18. The zero-order chi connectivity index (χ0) is 11.3. The highest BCUT2D eigenvalue weighted by Gasteiger charge is 2.10. The first-order chi connectivity index (χ1) is 7.01. The van der Waals surface area contributed by atoms with Crippen LogP contribution in [-0.4, -0.2) is 22.1 Å². The molecule has 0 bridgehead atoms. The maximum absolute atomic E-state index is 5.29. The Kier molecular flexibility index (Phi) is 4.03. The Labute approximate surface area is 91.1 Å². The lowest BCUT2D eigenvalue weighted by molar-refractivity contribution is 0.131. The van der Waals surface area contributed by atoms with Gasteiger partial charge >= 0.3 is 0 Å². The predicted octanol–water partition coefficient (Wildman–Crippen LogP) is 2.22. The van der Waals surface area contributed by atoms with Crippen molar-refractivity contribution in [2.24, 2.45) is 0 Å². The molecule has 1 N–H and O–H groups in total. The van der Waals surface area contributed by atoms with Gasteiger partial charge in [0.1, 0.15) is 12.1 Å². The van der Waals surface area contributed by atoms with Crippen molar-refractivity contribution in [1.82, 2.24) is 9.97 Å². The Bertz CT molecular complexity index is 307. The third-order valence-corrected chi connectivity index (χ3v) is 1.68. The van der Waals surface area contributed by atoms with Crippen molar-refractivity contribution in [2.45, 2.75) is 39.8 Å². The highest BCUT2D eigenvalue weighted by Crippen LogP contribution is 2.12. The van der Waals surface area contributed by atoms with E-state index in [0.717, 1.165) is 11.5 Å². The Morgan fingerprint density at radius 3 is 2.67 bits per heavy atom. The number of anilines is 1. The molecule has 1 heterocycles. The lowest BCUT2D eigenvalue weighted by Gasteiger charge is -2.21. The van der Waals surface area contributed by atoms with Crippen molar-refractivity contribution < 1.29 is 4.74 Å². The average Bonchev–Trinajstić information content (AvgIpc) is 2.12. The van der Waals surface area contributed by atoms with Crippen molar-refractivity contribution in [3.63, 3.8) is 0 Å². The van der Waals surface area contributed by atoms with Gasteiger partial charge in [-0.3, -0.25) is 0 Å². The highest BCUT2D eigenvalue weighted by atomic mass is 16.5. The molecule has 0 unspecified atom stereocenters. The molecule has 0 fully saturated rings. The van der Waals surface area contributed by atoms with E-state index in [2.05, 4.69) is 36.1 Å². The summed E-state index contributed by atoms with van der Waals surface area (Å²) in [5.41, 5.74) is 0.913. The molecule has 0 aliphatic heterocycles. The molecule has 0 aliphatic rings. The summed E-state index contributed by atoms with van der Waals surface area (Å²) in [6, 6.07) is 1.92. The average molecular weight is 209 g/mol. The van der Waals surface area contributed by atoms with Gasteiger partial charge in [-0.2, -0.15) is 0 Å². The smallest absolute Gasteiger partial charge is 0.130 e. The maximum Gasteiger partial charge on any atom is 0.130 e. The summed E-state index contributed by atoms with van der Waals surface area (Å²) < 4.78 is 5.29. The van der Waals surface area contributed by atoms with Crippen LogP contribution in [0.15, 0.2) is 12.4 Å². The fraction of sp³-hybridized carbons (Fsp3) is 0.636. The van der Waals surface area contributed by atoms with Crippen LogP contribution >= 0.6 is 0 Å². The van der Waals surface area contributed by atoms with Gasteiger partial charge in [0, 0.05) is 18.2 Å². The normalized spacial score (nSPS) is 11.5. The molecular formula is C11H19N3O. The SMILES string of the molecule is CCOCc1cc(NC(C)(C)C)ncn1. The fourth-order valence-electron chi connectivity index (χ4n) is 1.14. The third-order valence-electron chi connectivity index (χ3n) is 1.68. The largest absolute Gasteiger partial charge is 0.375 e. The van der Waals surface area contributed by atoms with Gasteiger partial charge in [0.2, 0.25) is 0 Å². The van der Waals surface area contributed by atoms with E-state index in [4.69, 9.17) is 4.74 Å². The Morgan fingerprint density at radius 1 is 1.33 bits per heavy atom. The molecule has 1 rings (SSSR count). The third kappa shape index (κ3) is 4.74. The monoisotopic (exact) mass is 209 g/mol. The van der Waals surface area contributed by atoms with E-state index in [9.17, 15) is 0 Å². The van der Waals surface area contributed by atoms with Crippen LogP contribution in [0, 0.1) is 0 Å². The first kappa shape index (κ1) is 11.9. The second-order valence-electron chi connectivity index (χ2n) is 4.41. The van der Waals surface area contributed by atoms with Crippen LogP contribution < -0.4 is 5.32 Å². The zero-order valence-corrected chi connectivity index (χ0v) is 9.87. The number of aromatic nitrogens is 2. The Hall–Kier alpha value is -1.16. The second kappa shape index (κ2) is 5.07. The van der Waals surface area contributed by atoms with Crippen LogP contribution in [0.1, 0.15) is 33.4 Å². The number of hydrogen-bond donors (Lipinski definition) is 1. The van der Waals surface area contributed by atoms with E-state index in [-0.39, 0.29) is 5.54 Å². The molecule has 0 atom stereocenters. The van der Waals surface area contributed by atoms with Gasteiger partial charge in [-0.05, 0) is 27.7 Å². The van der Waals surface area contributed by atoms with Gasteiger partial charge in [0.05, 0.1) is 12.3 Å². The number of ether oxygens (including phenoxy) is 1. The number of rotatable bonds is 4. The van der Waals surface area contributed by atoms with E-state index < -0.39 is 0 Å². The van der Waals surface area contributed by atoms with Gasteiger partial charge in [0.15, 0.2) is 0 Å². The fourth-order valence-corrected chi connectivity index (χ4v) is 1.14. The molecule has 0 aromatic carbocycles. The van der Waals surface area contributed by atoms with Crippen molar-refractivity contribution in [1.29, 1.82) is 0 Å². The molecule has 0 aliphatic carbocycles. The van der Waals surface area contributed by atoms with Gasteiger partial charge in [-0.25, -0.2) is 9.97 Å². The molecule has 15 heavy (non-hydrogen) atoms. The minimum atomic E-state index is 0.0111. The summed E-state index contributed by atoms with van der Waals surface area (Å²) in [6.45, 7) is 9.49. The first-order valence-electron chi connectivity index (χ1n) is 5.18. The molecule has 0 spiro atoms. The lowest BCUT2D eigenvalue weighted by Crippen LogP contribution is -2.26. The van der Waals surface area contributed by atoms with Crippen LogP contribution in [0.25, 0.3) is 0 Å². The maximum atomic E-state index is 5.29. The number of nitrogens with one attached hydrogen (secondary N) is 1. The number of hydrogen-bond acceptors (Lipinski definition) is 4. The molecular weight excluding hydrogens is 190 g/mol. The molecule has 4 heteroatoms. The van der Waals surface area contributed by atoms with Crippen LogP contribution in [0.3, 0.4) is 0 Å². The highest BCUT2D eigenvalue weighted by molar-refractivity contribution is 5.37. The second-order valence-corrected chi connectivity index (χ2v) is 4.41. The summed E-state index contributed by atoms with van der Waals surface area (Å²) in [7, 11) is 0. The Morgan fingerprint density at radius 2 is 2.07 bits per heavy atom. The summed E-state index contributed by atoms with van der Waals surface area (Å²) in [5, 5.41) is 3.29. The quantitative estimate of drug-likeness (QED) is 0.826. The Balaban J connectivity index is 2.66. The molecule has 1 aromatic rings. The van der Waals surface area contributed by atoms with Crippen LogP contribution in [0.2, 0.25) is 0 Å². The summed E-state index contributed by atoms with van der Waals surface area (Å²) in [4.78, 5) is 8.29. The predicted molar refractivity (Wildman–Crippen MR) is 60.7 cm³/mol. The zero-order valence-electron chi connectivity index (χ0n) is 9.87. The van der Waals surface area contributed by atoms with Crippen molar-refractivity contribution >= 4 is 5.82 Å². The molecule has 1 aromatic heterocycles. The topological polar surface area (TPSA) is 47.0 Å².